The zero-order valence-corrected chi connectivity index (χ0v) is 17.9. The largest absolute Gasteiger partial charge is 0.371 e. The molecule has 0 saturated carbocycles. The number of aromatic nitrogens is 6. The van der Waals surface area contributed by atoms with Crippen LogP contribution in [0.25, 0.3) is 27.9 Å². The maximum absolute atomic E-state index is 13.6. The van der Waals surface area contributed by atoms with E-state index in [1.165, 1.54) is 16.0 Å². The molecule has 0 aliphatic rings. The molecule has 0 amide bonds. The molecule has 0 fully saturated rings. The first-order valence-electron chi connectivity index (χ1n) is 9.92. The number of aryl methyl sites for hydroxylation is 1. The molecule has 4 heterocycles. The van der Waals surface area contributed by atoms with Crippen molar-refractivity contribution in [3.63, 3.8) is 0 Å². The minimum atomic E-state index is -2.96. The van der Waals surface area contributed by atoms with Crippen molar-refractivity contribution in [2.45, 2.75) is 45.7 Å². The molecule has 0 bridgehead atoms. The number of imidazole rings is 1. The number of pyridine rings is 1. The van der Waals surface area contributed by atoms with Crippen LogP contribution in [0.1, 0.15) is 19.7 Å². The van der Waals surface area contributed by atoms with Gasteiger partial charge >= 0.3 is 0 Å². The number of alkyl halides is 4. The average Bonchev–Trinajstić information content (AvgIpc) is 3.27. The fourth-order valence-corrected chi connectivity index (χ4v) is 3.41. The lowest BCUT2D eigenvalue weighted by molar-refractivity contribution is 0.00673. The molecule has 32 heavy (non-hydrogen) atoms. The summed E-state index contributed by atoms with van der Waals surface area (Å²) in [6.45, 7) is 3.31. The lowest BCUT2D eigenvalue weighted by atomic mass is 10.2. The van der Waals surface area contributed by atoms with E-state index in [0.717, 1.165) is 6.92 Å². The minimum absolute atomic E-state index is 0.0343. The van der Waals surface area contributed by atoms with Crippen LogP contribution in [0.4, 0.5) is 29.3 Å². The van der Waals surface area contributed by atoms with Crippen LogP contribution in [0.15, 0.2) is 24.4 Å². The third kappa shape index (κ3) is 3.92. The molecule has 0 saturated heterocycles. The molecule has 8 nitrogen and oxygen atoms in total. The van der Waals surface area contributed by atoms with Crippen molar-refractivity contribution in [1.82, 2.24) is 29.1 Å². The van der Waals surface area contributed by atoms with E-state index in [9.17, 15) is 17.6 Å². The smallest absolute Gasteiger partial charge is 0.264 e. The number of hydrogen-bond acceptors (Lipinski definition) is 6. The predicted molar refractivity (Wildman–Crippen MR) is 114 cm³/mol. The van der Waals surface area contributed by atoms with Crippen LogP contribution in [0.5, 0.6) is 0 Å². The van der Waals surface area contributed by atoms with E-state index < -0.39 is 24.9 Å². The molecule has 12 heteroatoms. The third-order valence-corrected chi connectivity index (χ3v) is 5.23. The maximum Gasteiger partial charge on any atom is 0.264 e. The topological polar surface area (TPSA) is 85.0 Å². The molecule has 2 N–H and O–H groups in total. The molecule has 0 aliphatic carbocycles. The van der Waals surface area contributed by atoms with Gasteiger partial charge in [0.15, 0.2) is 11.5 Å². The SMILES string of the molecule is CNc1nc(N[C@H](C)C(C)(F)F)nn2ccc(-c3ccc4nc(C)n(CC(F)F)c4n3)c12. The van der Waals surface area contributed by atoms with Crippen LogP contribution in [0, 0.1) is 6.92 Å². The fraction of sp³-hybridized carbons (Fsp3) is 0.400. The van der Waals surface area contributed by atoms with E-state index in [2.05, 4.69) is 30.7 Å². The second-order valence-corrected chi connectivity index (χ2v) is 7.58. The molecular weight excluding hydrogens is 428 g/mol. The summed E-state index contributed by atoms with van der Waals surface area (Å²) in [5.41, 5.74) is 2.60. The maximum atomic E-state index is 13.6. The van der Waals surface area contributed by atoms with Gasteiger partial charge in [-0.15, -0.1) is 5.10 Å². The molecule has 4 aromatic rings. The molecule has 0 unspecified atom stereocenters. The second kappa shape index (κ2) is 7.92. The number of nitrogens with one attached hydrogen (secondary N) is 2. The summed E-state index contributed by atoms with van der Waals surface area (Å²) in [6.07, 6.45) is -0.888. The first kappa shape index (κ1) is 21.8. The summed E-state index contributed by atoms with van der Waals surface area (Å²) >= 11 is 0. The van der Waals surface area contributed by atoms with Gasteiger partial charge in [-0.1, -0.05) is 0 Å². The first-order chi connectivity index (χ1) is 15.1. The van der Waals surface area contributed by atoms with Gasteiger partial charge in [-0.2, -0.15) is 4.98 Å². The molecule has 1 atom stereocenters. The minimum Gasteiger partial charge on any atom is -0.371 e. The van der Waals surface area contributed by atoms with Gasteiger partial charge in [0.25, 0.3) is 12.3 Å². The van der Waals surface area contributed by atoms with Crippen molar-refractivity contribution in [1.29, 1.82) is 0 Å². The Bertz CT molecular complexity index is 1270. The standard InChI is InChI=1S/C20H22F4N8/c1-10(20(3,23)24)26-19-29-17(25-4)16-12(7-8-32(16)30-19)13-5-6-14-18(28-13)31(9-15(21)22)11(2)27-14/h5-8,10,15H,9H2,1-4H3,(H2,25,26,29,30)/t10-/m1/s1. The van der Waals surface area contributed by atoms with Gasteiger partial charge in [0.2, 0.25) is 5.95 Å². The Kier molecular flexibility index (Phi) is 5.39. The average molecular weight is 450 g/mol. The predicted octanol–water partition coefficient (Wildman–Crippen LogP) is 4.21. The van der Waals surface area contributed by atoms with Crippen LogP contribution in [0.2, 0.25) is 0 Å². The van der Waals surface area contributed by atoms with Gasteiger partial charge in [0.05, 0.1) is 18.3 Å². The van der Waals surface area contributed by atoms with Crippen LogP contribution >= 0.6 is 0 Å². The van der Waals surface area contributed by atoms with E-state index in [1.807, 2.05) is 0 Å². The molecule has 170 valence electrons. The van der Waals surface area contributed by atoms with Crippen molar-refractivity contribution in [2.24, 2.45) is 0 Å². The third-order valence-electron chi connectivity index (χ3n) is 5.23. The Morgan fingerprint density at radius 2 is 1.88 bits per heavy atom. The fourth-order valence-electron chi connectivity index (χ4n) is 3.41. The Hall–Kier alpha value is -3.44. The van der Waals surface area contributed by atoms with Crippen molar-refractivity contribution >= 4 is 28.4 Å². The number of fused-ring (bicyclic) bond motifs is 2. The quantitative estimate of drug-likeness (QED) is 0.411. The lowest BCUT2D eigenvalue weighted by Crippen LogP contribution is -2.35. The van der Waals surface area contributed by atoms with Crippen molar-refractivity contribution in [2.75, 3.05) is 17.7 Å². The molecule has 0 aliphatic heterocycles. The molecule has 0 radical (unpaired) electrons. The summed E-state index contributed by atoms with van der Waals surface area (Å²) in [6, 6.07) is 4.03. The molecule has 4 rings (SSSR count). The lowest BCUT2D eigenvalue weighted by Gasteiger charge is -2.20. The Balaban J connectivity index is 1.80. The van der Waals surface area contributed by atoms with Crippen molar-refractivity contribution < 1.29 is 17.6 Å². The van der Waals surface area contributed by atoms with Crippen LogP contribution < -0.4 is 10.6 Å². The van der Waals surface area contributed by atoms with E-state index in [-0.39, 0.29) is 5.95 Å². The number of anilines is 2. The normalized spacial score (nSPS) is 13.3. The Labute approximate surface area is 180 Å². The summed E-state index contributed by atoms with van der Waals surface area (Å²) in [4.78, 5) is 13.2. The molecule has 4 aromatic heterocycles. The van der Waals surface area contributed by atoms with Gasteiger partial charge in [0, 0.05) is 25.7 Å². The van der Waals surface area contributed by atoms with Gasteiger partial charge in [-0.3, -0.25) is 0 Å². The highest BCUT2D eigenvalue weighted by molar-refractivity contribution is 5.89. The first-order valence-corrected chi connectivity index (χ1v) is 9.92. The molecule has 0 spiro atoms. The van der Waals surface area contributed by atoms with Crippen LogP contribution in [0.3, 0.4) is 0 Å². The zero-order valence-electron chi connectivity index (χ0n) is 17.9. The van der Waals surface area contributed by atoms with E-state index >= 15 is 0 Å². The van der Waals surface area contributed by atoms with Crippen molar-refractivity contribution in [3.05, 3.63) is 30.2 Å². The summed E-state index contributed by atoms with van der Waals surface area (Å²) in [5, 5.41) is 9.86. The van der Waals surface area contributed by atoms with Gasteiger partial charge in [-0.05, 0) is 32.0 Å². The monoisotopic (exact) mass is 450 g/mol. The number of hydrogen-bond donors (Lipinski definition) is 2. The number of nitrogens with zero attached hydrogens (tertiary/aromatic N) is 6. The Morgan fingerprint density at radius 1 is 1.12 bits per heavy atom. The molecular formula is C20H22F4N8. The van der Waals surface area contributed by atoms with Crippen LogP contribution in [-0.2, 0) is 6.54 Å². The second-order valence-electron chi connectivity index (χ2n) is 7.58. The summed E-state index contributed by atoms with van der Waals surface area (Å²) in [7, 11) is 1.65. The zero-order chi connectivity index (χ0) is 23.2. The Morgan fingerprint density at radius 3 is 2.53 bits per heavy atom. The number of halogens is 4. The van der Waals surface area contributed by atoms with E-state index in [4.69, 9.17) is 0 Å². The van der Waals surface area contributed by atoms with E-state index in [1.54, 1.807) is 38.4 Å². The summed E-state index contributed by atoms with van der Waals surface area (Å²) < 4.78 is 56.1. The highest BCUT2D eigenvalue weighted by atomic mass is 19.3. The van der Waals surface area contributed by atoms with Crippen molar-refractivity contribution in [3.8, 4) is 11.3 Å². The van der Waals surface area contributed by atoms with E-state index in [0.29, 0.717) is 39.6 Å². The number of rotatable bonds is 7. The van der Waals surface area contributed by atoms with Gasteiger partial charge < -0.3 is 15.2 Å². The summed E-state index contributed by atoms with van der Waals surface area (Å²) in [5.74, 6) is -2.08. The van der Waals surface area contributed by atoms with Crippen LogP contribution in [-0.4, -0.2) is 54.6 Å². The van der Waals surface area contributed by atoms with Gasteiger partial charge in [0.1, 0.15) is 16.9 Å². The highest BCUT2D eigenvalue weighted by Gasteiger charge is 2.31. The highest BCUT2D eigenvalue weighted by Crippen LogP contribution is 2.31. The van der Waals surface area contributed by atoms with Gasteiger partial charge in [-0.25, -0.2) is 32.0 Å². The molecule has 0 aromatic carbocycles.